The lowest BCUT2D eigenvalue weighted by atomic mass is 9.74. The number of carbonyl (C=O) groups excluding carboxylic acids is 1. The predicted octanol–water partition coefficient (Wildman–Crippen LogP) is 2.14. The first kappa shape index (κ1) is 19.3. The van der Waals surface area contributed by atoms with Gasteiger partial charge in [-0.05, 0) is 49.9 Å². The number of carbonyl (C=O) groups is 1. The Morgan fingerprint density at radius 1 is 1.04 bits per heavy atom. The average molecular weight is 381 g/mol. The molecule has 2 N–H and O–H groups in total. The van der Waals surface area contributed by atoms with Crippen molar-refractivity contribution >= 4 is 15.9 Å². The Balaban J connectivity index is 1.63. The van der Waals surface area contributed by atoms with Crippen LogP contribution in [0.5, 0.6) is 0 Å². The predicted molar refractivity (Wildman–Crippen MR) is 99.4 cm³/mol. The minimum absolute atomic E-state index is 0.0836. The molecule has 0 bridgehead atoms. The summed E-state index contributed by atoms with van der Waals surface area (Å²) < 4.78 is 26.5. The van der Waals surface area contributed by atoms with Crippen LogP contribution >= 0.6 is 0 Å². The van der Waals surface area contributed by atoms with Crippen molar-refractivity contribution < 1.29 is 18.3 Å². The van der Waals surface area contributed by atoms with E-state index in [1.165, 1.54) is 22.9 Å². The first-order valence-electron chi connectivity index (χ1n) is 9.46. The van der Waals surface area contributed by atoms with Crippen LogP contribution in [0.4, 0.5) is 0 Å². The molecule has 0 aromatic heterocycles. The van der Waals surface area contributed by atoms with Crippen LogP contribution in [0.15, 0.2) is 29.2 Å². The average Bonchev–Trinajstić information content (AvgIpc) is 3.23. The third-order valence-electron chi connectivity index (χ3n) is 5.69. The van der Waals surface area contributed by atoms with Gasteiger partial charge in [-0.15, -0.1) is 0 Å². The number of amides is 1. The van der Waals surface area contributed by atoms with Gasteiger partial charge in [0.1, 0.15) is 0 Å². The highest BCUT2D eigenvalue weighted by Gasteiger charge is 2.32. The highest BCUT2D eigenvalue weighted by atomic mass is 32.2. The molecule has 1 saturated heterocycles. The zero-order chi connectivity index (χ0) is 18.6. The monoisotopic (exact) mass is 380 g/mol. The van der Waals surface area contributed by atoms with Gasteiger partial charge in [0.2, 0.25) is 10.0 Å². The van der Waals surface area contributed by atoms with Gasteiger partial charge in [0.25, 0.3) is 5.91 Å². The Kier molecular flexibility index (Phi) is 5.99. The van der Waals surface area contributed by atoms with Gasteiger partial charge >= 0.3 is 0 Å². The fourth-order valence-electron chi connectivity index (χ4n) is 3.92. The molecule has 1 aliphatic carbocycles. The van der Waals surface area contributed by atoms with Crippen molar-refractivity contribution in [2.75, 3.05) is 26.2 Å². The molecule has 3 rings (SSSR count). The molecule has 1 saturated carbocycles. The van der Waals surface area contributed by atoms with E-state index in [1.807, 2.05) is 0 Å². The van der Waals surface area contributed by atoms with Gasteiger partial charge in [-0.2, -0.15) is 4.31 Å². The molecule has 0 unspecified atom stereocenters. The van der Waals surface area contributed by atoms with E-state index in [0.717, 1.165) is 38.5 Å². The second-order valence-electron chi connectivity index (χ2n) is 7.54. The molecular formula is C19H28N2O4S. The maximum absolute atomic E-state index is 12.5. The van der Waals surface area contributed by atoms with E-state index in [4.69, 9.17) is 0 Å². The Labute approximate surface area is 155 Å². The summed E-state index contributed by atoms with van der Waals surface area (Å²) in [5.74, 6) is -0.228. The Morgan fingerprint density at radius 3 is 2.23 bits per heavy atom. The van der Waals surface area contributed by atoms with Crippen molar-refractivity contribution in [2.45, 2.75) is 49.8 Å². The maximum Gasteiger partial charge on any atom is 0.251 e. The smallest absolute Gasteiger partial charge is 0.251 e. The molecule has 0 radical (unpaired) electrons. The summed E-state index contributed by atoms with van der Waals surface area (Å²) in [6.07, 6.45) is 6.99. The van der Waals surface area contributed by atoms with Crippen LogP contribution in [0, 0.1) is 5.41 Å². The second kappa shape index (κ2) is 8.06. The molecule has 26 heavy (non-hydrogen) atoms. The maximum atomic E-state index is 12.5. The number of hydrogen-bond acceptors (Lipinski definition) is 4. The van der Waals surface area contributed by atoms with Crippen LogP contribution in [-0.2, 0) is 10.0 Å². The number of hydrogen-bond donors (Lipinski definition) is 2. The highest BCUT2D eigenvalue weighted by molar-refractivity contribution is 7.89. The summed E-state index contributed by atoms with van der Waals surface area (Å²) in [5.41, 5.74) is 0.224. The number of nitrogens with one attached hydrogen (secondary N) is 1. The van der Waals surface area contributed by atoms with Crippen LogP contribution in [0.3, 0.4) is 0 Å². The SMILES string of the molecule is O=C(NCC1(CO)CCCCC1)c1ccc(S(=O)(=O)N2CCCC2)cc1. The minimum Gasteiger partial charge on any atom is -0.396 e. The van der Waals surface area contributed by atoms with Crippen molar-refractivity contribution in [3.63, 3.8) is 0 Å². The van der Waals surface area contributed by atoms with E-state index >= 15 is 0 Å². The first-order valence-corrected chi connectivity index (χ1v) is 10.9. The molecule has 2 fully saturated rings. The molecule has 0 atom stereocenters. The van der Waals surface area contributed by atoms with Gasteiger partial charge in [-0.3, -0.25) is 4.79 Å². The van der Waals surface area contributed by atoms with Crippen LogP contribution in [-0.4, -0.2) is 50.0 Å². The molecule has 1 heterocycles. The van der Waals surface area contributed by atoms with Gasteiger partial charge in [-0.25, -0.2) is 8.42 Å². The molecule has 1 aromatic rings. The summed E-state index contributed by atoms with van der Waals surface area (Å²) in [6, 6.07) is 6.13. The Hall–Kier alpha value is -1.44. The molecule has 0 spiro atoms. The van der Waals surface area contributed by atoms with Crippen LogP contribution < -0.4 is 5.32 Å². The molecule has 1 aromatic carbocycles. The summed E-state index contributed by atoms with van der Waals surface area (Å²) in [6.45, 7) is 1.66. The minimum atomic E-state index is -3.46. The van der Waals surface area contributed by atoms with E-state index in [9.17, 15) is 18.3 Å². The van der Waals surface area contributed by atoms with Gasteiger partial charge in [-0.1, -0.05) is 19.3 Å². The quantitative estimate of drug-likeness (QED) is 0.792. The van der Waals surface area contributed by atoms with Gasteiger partial charge in [0, 0.05) is 30.6 Å². The standard InChI is InChI=1S/C19H28N2O4S/c22-15-19(10-2-1-3-11-19)14-20-18(23)16-6-8-17(9-7-16)26(24,25)21-12-4-5-13-21/h6-9,22H,1-5,10-15H2,(H,20,23). The fourth-order valence-corrected chi connectivity index (χ4v) is 5.44. The van der Waals surface area contributed by atoms with Crippen molar-refractivity contribution in [3.8, 4) is 0 Å². The lowest BCUT2D eigenvalue weighted by molar-refractivity contribution is 0.0718. The number of aliphatic hydroxyl groups excluding tert-OH is 1. The van der Waals surface area contributed by atoms with E-state index in [1.54, 1.807) is 12.1 Å². The summed E-state index contributed by atoms with van der Waals surface area (Å²) in [7, 11) is -3.46. The molecule has 1 amide bonds. The van der Waals surface area contributed by atoms with Gasteiger partial charge in [0.05, 0.1) is 11.5 Å². The molecule has 144 valence electrons. The van der Waals surface area contributed by atoms with Crippen molar-refractivity contribution in [1.29, 1.82) is 0 Å². The van der Waals surface area contributed by atoms with E-state index in [2.05, 4.69) is 5.32 Å². The van der Waals surface area contributed by atoms with Crippen LogP contribution in [0.25, 0.3) is 0 Å². The lowest BCUT2D eigenvalue weighted by Crippen LogP contribution is -2.41. The van der Waals surface area contributed by atoms with Gasteiger partial charge < -0.3 is 10.4 Å². The second-order valence-corrected chi connectivity index (χ2v) is 9.47. The summed E-state index contributed by atoms with van der Waals surface area (Å²) >= 11 is 0. The molecular weight excluding hydrogens is 352 g/mol. The van der Waals surface area contributed by atoms with E-state index in [-0.39, 0.29) is 22.8 Å². The van der Waals surface area contributed by atoms with E-state index in [0.29, 0.717) is 25.2 Å². The third-order valence-corrected chi connectivity index (χ3v) is 7.61. The highest BCUT2D eigenvalue weighted by Crippen LogP contribution is 2.35. The fraction of sp³-hybridized carbons (Fsp3) is 0.632. The van der Waals surface area contributed by atoms with Crippen LogP contribution in [0.2, 0.25) is 0 Å². The molecule has 1 aliphatic heterocycles. The van der Waals surface area contributed by atoms with Gasteiger partial charge in [0.15, 0.2) is 0 Å². The van der Waals surface area contributed by atoms with E-state index < -0.39 is 10.0 Å². The number of benzene rings is 1. The number of rotatable bonds is 6. The van der Waals surface area contributed by atoms with Crippen molar-refractivity contribution in [1.82, 2.24) is 9.62 Å². The molecule has 7 heteroatoms. The zero-order valence-corrected chi connectivity index (χ0v) is 15.9. The third kappa shape index (κ3) is 4.10. The number of aliphatic hydroxyl groups is 1. The number of nitrogens with zero attached hydrogens (tertiary/aromatic N) is 1. The summed E-state index contributed by atoms with van der Waals surface area (Å²) in [5, 5.41) is 12.6. The number of sulfonamides is 1. The van der Waals surface area contributed by atoms with Crippen LogP contribution in [0.1, 0.15) is 55.3 Å². The Morgan fingerprint density at radius 2 is 1.65 bits per heavy atom. The molecule has 2 aliphatic rings. The largest absolute Gasteiger partial charge is 0.396 e. The zero-order valence-electron chi connectivity index (χ0n) is 15.1. The first-order chi connectivity index (χ1) is 12.5. The lowest BCUT2D eigenvalue weighted by Gasteiger charge is -2.35. The topological polar surface area (TPSA) is 86.7 Å². The Bertz CT molecular complexity index is 718. The van der Waals surface area contributed by atoms with Crippen molar-refractivity contribution in [2.24, 2.45) is 5.41 Å². The van der Waals surface area contributed by atoms with Crippen molar-refractivity contribution in [3.05, 3.63) is 29.8 Å². The molecule has 6 nitrogen and oxygen atoms in total. The summed E-state index contributed by atoms with van der Waals surface area (Å²) in [4.78, 5) is 12.6. The normalized spacial score (nSPS) is 20.8.